The standard InChI is InChI=1S/C15H12F2N4/c1-9-2-3-10-11(4-9)19-12(5-18)13(20-10)21-7-14(8-21)6-15(14,16)17/h2-4H,6-8H2,1H3. The van der Waals surface area contributed by atoms with Crippen LogP contribution >= 0.6 is 0 Å². The van der Waals surface area contributed by atoms with Gasteiger partial charge in [-0.15, -0.1) is 0 Å². The van der Waals surface area contributed by atoms with Crippen LogP contribution < -0.4 is 4.90 Å². The van der Waals surface area contributed by atoms with Gasteiger partial charge in [-0.3, -0.25) is 0 Å². The number of halogens is 2. The van der Waals surface area contributed by atoms with Crippen LogP contribution in [0.4, 0.5) is 14.6 Å². The molecule has 21 heavy (non-hydrogen) atoms. The van der Waals surface area contributed by atoms with Gasteiger partial charge in [0.1, 0.15) is 6.07 Å². The molecule has 4 nitrogen and oxygen atoms in total. The average molecular weight is 286 g/mol. The van der Waals surface area contributed by atoms with Crippen LogP contribution in [0.1, 0.15) is 17.7 Å². The minimum atomic E-state index is -2.56. The van der Waals surface area contributed by atoms with Gasteiger partial charge in [0.05, 0.1) is 16.4 Å². The second-order valence-electron chi connectivity index (χ2n) is 6.02. The van der Waals surface area contributed by atoms with E-state index in [4.69, 9.17) is 0 Å². The molecular weight excluding hydrogens is 274 g/mol. The maximum atomic E-state index is 13.3. The summed E-state index contributed by atoms with van der Waals surface area (Å²) in [6, 6.07) is 7.64. The number of aryl methyl sites for hydroxylation is 1. The molecule has 0 bridgehead atoms. The highest BCUT2D eigenvalue weighted by atomic mass is 19.3. The first kappa shape index (κ1) is 12.5. The smallest absolute Gasteiger partial charge is 0.258 e. The molecule has 2 heterocycles. The van der Waals surface area contributed by atoms with E-state index in [1.165, 1.54) is 0 Å². The first-order valence-corrected chi connectivity index (χ1v) is 6.75. The highest BCUT2D eigenvalue weighted by Gasteiger charge is 2.76. The predicted molar refractivity (Wildman–Crippen MR) is 73.2 cm³/mol. The maximum Gasteiger partial charge on any atom is 0.258 e. The van der Waals surface area contributed by atoms with Crippen molar-refractivity contribution >= 4 is 16.9 Å². The van der Waals surface area contributed by atoms with E-state index in [-0.39, 0.29) is 25.2 Å². The SMILES string of the molecule is Cc1ccc2nc(N3CC4(C3)CC4(F)F)c(C#N)nc2c1. The molecule has 1 saturated carbocycles. The molecule has 0 atom stereocenters. The Morgan fingerprint density at radius 1 is 1.24 bits per heavy atom. The normalized spacial score (nSPS) is 21.1. The van der Waals surface area contributed by atoms with Gasteiger partial charge in [-0.25, -0.2) is 18.7 Å². The molecule has 1 aliphatic heterocycles. The lowest BCUT2D eigenvalue weighted by Crippen LogP contribution is -2.52. The fourth-order valence-electron chi connectivity index (χ4n) is 3.01. The Hall–Kier alpha value is -2.29. The first-order chi connectivity index (χ1) is 9.94. The van der Waals surface area contributed by atoms with Gasteiger partial charge in [-0.05, 0) is 24.6 Å². The number of benzene rings is 1. The van der Waals surface area contributed by atoms with Crippen molar-refractivity contribution in [3.8, 4) is 6.07 Å². The lowest BCUT2D eigenvalue weighted by atomic mass is 9.96. The summed E-state index contributed by atoms with van der Waals surface area (Å²) < 4.78 is 26.5. The highest BCUT2D eigenvalue weighted by molar-refractivity contribution is 5.78. The molecule has 1 spiro atoms. The molecule has 2 aliphatic rings. The van der Waals surface area contributed by atoms with E-state index in [2.05, 4.69) is 9.97 Å². The fraction of sp³-hybridized carbons (Fsp3) is 0.400. The molecule has 0 radical (unpaired) electrons. The van der Waals surface area contributed by atoms with Gasteiger partial charge in [0.25, 0.3) is 5.92 Å². The Balaban J connectivity index is 1.73. The number of hydrogen-bond acceptors (Lipinski definition) is 4. The van der Waals surface area contributed by atoms with E-state index < -0.39 is 11.3 Å². The minimum Gasteiger partial charge on any atom is -0.352 e. The second-order valence-corrected chi connectivity index (χ2v) is 6.02. The number of hydrogen-bond donors (Lipinski definition) is 0. The average Bonchev–Trinajstić information content (AvgIpc) is 2.98. The highest BCUT2D eigenvalue weighted by Crippen LogP contribution is 2.65. The Labute approximate surface area is 120 Å². The monoisotopic (exact) mass is 286 g/mol. The van der Waals surface area contributed by atoms with Crippen LogP contribution in [0.5, 0.6) is 0 Å². The molecule has 2 aromatic rings. The van der Waals surface area contributed by atoms with Crippen molar-refractivity contribution in [2.75, 3.05) is 18.0 Å². The van der Waals surface area contributed by atoms with E-state index in [1.807, 2.05) is 31.2 Å². The Bertz CT molecular complexity index is 803. The third kappa shape index (κ3) is 1.63. The summed E-state index contributed by atoms with van der Waals surface area (Å²) in [5, 5.41) is 9.24. The zero-order chi connectivity index (χ0) is 14.8. The van der Waals surface area contributed by atoms with Crippen LogP contribution in [0.15, 0.2) is 18.2 Å². The number of aromatic nitrogens is 2. The molecule has 4 rings (SSSR count). The molecule has 1 aromatic carbocycles. The van der Waals surface area contributed by atoms with Gasteiger partial charge in [0, 0.05) is 19.5 Å². The molecule has 6 heteroatoms. The second kappa shape index (κ2) is 3.67. The molecule has 0 N–H and O–H groups in total. The van der Waals surface area contributed by atoms with Crippen LogP contribution in [-0.4, -0.2) is 29.0 Å². The van der Waals surface area contributed by atoms with Crippen LogP contribution in [-0.2, 0) is 0 Å². The zero-order valence-corrected chi connectivity index (χ0v) is 11.4. The van der Waals surface area contributed by atoms with Crippen LogP contribution in [0.25, 0.3) is 11.0 Å². The van der Waals surface area contributed by atoms with Crippen molar-refractivity contribution in [1.82, 2.24) is 9.97 Å². The molecule has 1 aromatic heterocycles. The number of nitrogens with zero attached hydrogens (tertiary/aromatic N) is 4. The molecule has 1 saturated heterocycles. The summed E-state index contributed by atoms with van der Waals surface area (Å²) in [5.74, 6) is -2.14. The number of anilines is 1. The number of rotatable bonds is 1. The van der Waals surface area contributed by atoms with Crippen LogP contribution in [0, 0.1) is 23.7 Å². The van der Waals surface area contributed by atoms with Gasteiger partial charge in [-0.1, -0.05) is 6.07 Å². The summed E-state index contributed by atoms with van der Waals surface area (Å²) in [6.45, 7) is 2.44. The summed E-state index contributed by atoms with van der Waals surface area (Å²) in [6.07, 6.45) is -0.0570. The van der Waals surface area contributed by atoms with Crippen LogP contribution in [0.3, 0.4) is 0 Å². The Morgan fingerprint density at radius 2 is 1.95 bits per heavy atom. The molecule has 0 unspecified atom stereocenters. The zero-order valence-electron chi connectivity index (χ0n) is 11.4. The van der Waals surface area contributed by atoms with Gasteiger partial charge in [0.2, 0.25) is 0 Å². The number of alkyl halides is 2. The van der Waals surface area contributed by atoms with Crippen molar-refractivity contribution in [1.29, 1.82) is 5.26 Å². The quantitative estimate of drug-likeness (QED) is 0.808. The summed E-state index contributed by atoms with van der Waals surface area (Å²) in [5.41, 5.74) is 1.69. The van der Waals surface area contributed by atoms with E-state index in [1.54, 1.807) is 4.90 Å². The number of nitriles is 1. The predicted octanol–water partition coefficient (Wildman–Crippen LogP) is 2.66. The van der Waals surface area contributed by atoms with E-state index >= 15 is 0 Å². The maximum absolute atomic E-state index is 13.3. The first-order valence-electron chi connectivity index (χ1n) is 6.75. The van der Waals surface area contributed by atoms with Gasteiger partial charge in [0.15, 0.2) is 11.5 Å². The van der Waals surface area contributed by atoms with Crippen molar-refractivity contribution in [2.45, 2.75) is 19.3 Å². The van der Waals surface area contributed by atoms with Gasteiger partial charge < -0.3 is 4.90 Å². The lowest BCUT2D eigenvalue weighted by Gasteiger charge is -2.40. The van der Waals surface area contributed by atoms with E-state index in [0.29, 0.717) is 16.9 Å². The molecular formula is C15H12F2N4. The van der Waals surface area contributed by atoms with Crippen LogP contribution in [0.2, 0.25) is 0 Å². The third-order valence-electron chi connectivity index (χ3n) is 4.41. The van der Waals surface area contributed by atoms with Gasteiger partial charge in [-0.2, -0.15) is 5.26 Å². The van der Waals surface area contributed by atoms with Crippen molar-refractivity contribution < 1.29 is 8.78 Å². The minimum absolute atomic E-state index is 0.0570. The molecule has 106 valence electrons. The summed E-state index contributed by atoms with van der Waals surface area (Å²) in [4.78, 5) is 10.5. The lowest BCUT2D eigenvalue weighted by molar-refractivity contribution is 0.0518. The largest absolute Gasteiger partial charge is 0.352 e. The van der Waals surface area contributed by atoms with Gasteiger partial charge >= 0.3 is 0 Å². The van der Waals surface area contributed by atoms with Crippen molar-refractivity contribution in [3.05, 3.63) is 29.5 Å². The van der Waals surface area contributed by atoms with Crippen molar-refractivity contribution in [3.63, 3.8) is 0 Å². The molecule has 0 amide bonds. The Morgan fingerprint density at radius 3 is 2.57 bits per heavy atom. The summed E-state index contributed by atoms with van der Waals surface area (Å²) in [7, 11) is 0. The fourth-order valence-corrected chi connectivity index (χ4v) is 3.01. The van der Waals surface area contributed by atoms with Crippen molar-refractivity contribution in [2.24, 2.45) is 5.41 Å². The molecule has 2 fully saturated rings. The number of fused-ring (bicyclic) bond motifs is 1. The van der Waals surface area contributed by atoms with E-state index in [9.17, 15) is 14.0 Å². The van der Waals surface area contributed by atoms with E-state index in [0.717, 1.165) is 5.56 Å². The third-order valence-corrected chi connectivity index (χ3v) is 4.41. The topological polar surface area (TPSA) is 52.8 Å². The summed E-state index contributed by atoms with van der Waals surface area (Å²) >= 11 is 0. The molecule has 1 aliphatic carbocycles. The Kier molecular flexibility index (Phi) is 2.18.